The lowest BCUT2D eigenvalue weighted by atomic mass is 10.3. The molecule has 3 rings (SSSR count). The van der Waals surface area contributed by atoms with E-state index in [4.69, 9.17) is 5.84 Å². The van der Waals surface area contributed by atoms with Crippen LogP contribution in [0.1, 0.15) is 5.56 Å². The standard InChI is InChI=1S/C12H13N9/c13-20-11-17-10(15-8-9-2-5-14-6-3-9)18-12(19-11)21-7-1-4-16-21/h1-7H,8,13H2,(H2,15,17,18,19,20). The largest absolute Gasteiger partial charge is 0.350 e. The van der Waals surface area contributed by atoms with Crippen molar-refractivity contribution in [2.24, 2.45) is 5.84 Å². The number of hydrogen-bond acceptors (Lipinski definition) is 8. The minimum atomic E-state index is 0.257. The first-order valence-corrected chi connectivity index (χ1v) is 6.20. The summed E-state index contributed by atoms with van der Waals surface area (Å²) in [5, 5.41) is 7.19. The maximum absolute atomic E-state index is 5.38. The molecule has 0 fully saturated rings. The number of aromatic nitrogens is 6. The van der Waals surface area contributed by atoms with Crippen molar-refractivity contribution in [2.75, 3.05) is 10.7 Å². The lowest BCUT2D eigenvalue weighted by molar-refractivity contribution is 0.795. The van der Waals surface area contributed by atoms with Crippen molar-refractivity contribution >= 4 is 11.9 Å². The highest BCUT2D eigenvalue weighted by Gasteiger charge is 2.07. The number of pyridine rings is 1. The highest BCUT2D eigenvalue weighted by Crippen LogP contribution is 2.09. The number of hydrazine groups is 1. The van der Waals surface area contributed by atoms with Gasteiger partial charge in [-0.1, -0.05) is 0 Å². The van der Waals surface area contributed by atoms with Gasteiger partial charge < -0.3 is 5.32 Å². The van der Waals surface area contributed by atoms with Gasteiger partial charge in [0.2, 0.25) is 11.9 Å². The summed E-state index contributed by atoms with van der Waals surface area (Å²) in [6.07, 6.45) is 6.84. The smallest absolute Gasteiger partial charge is 0.257 e. The predicted molar refractivity (Wildman–Crippen MR) is 76.3 cm³/mol. The SMILES string of the molecule is NNc1nc(NCc2ccncc2)nc(-n2cccn2)n1. The van der Waals surface area contributed by atoms with Crippen molar-refractivity contribution in [3.8, 4) is 5.95 Å². The number of nitrogens with zero attached hydrogens (tertiary/aromatic N) is 6. The Morgan fingerprint density at radius 3 is 2.57 bits per heavy atom. The Bertz CT molecular complexity index is 696. The zero-order valence-electron chi connectivity index (χ0n) is 11.0. The molecule has 0 aliphatic rings. The summed E-state index contributed by atoms with van der Waals surface area (Å²) in [7, 11) is 0. The molecule has 3 heterocycles. The molecule has 9 nitrogen and oxygen atoms in total. The molecule has 0 aliphatic carbocycles. The van der Waals surface area contributed by atoms with Gasteiger partial charge in [0.05, 0.1) is 0 Å². The van der Waals surface area contributed by atoms with Crippen LogP contribution in [0.2, 0.25) is 0 Å². The first kappa shape index (κ1) is 12.9. The third-order valence-corrected chi connectivity index (χ3v) is 2.66. The fourth-order valence-electron chi connectivity index (χ4n) is 1.68. The van der Waals surface area contributed by atoms with E-state index < -0.39 is 0 Å². The molecule has 0 bridgehead atoms. The minimum absolute atomic E-state index is 0.257. The molecule has 0 saturated carbocycles. The third-order valence-electron chi connectivity index (χ3n) is 2.66. The van der Waals surface area contributed by atoms with Crippen LogP contribution < -0.4 is 16.6 Å². The second kappa shape index (κ2) is 5.92. The van der Waals surface area contributed by atoms with E-state index in [-0.39, 0.29) is 5.95 Å². The van der Waals surface area contributed by atoms with Crippen LogP contribution in [0.4, 0.5) is 11.9 Å². The monoisotopic (exact) mass is 283 g/mol. The maximum atomic E-state index is 5.38. The average molecular weight is 283 g/mol. The Balaban J connectivity index is 1.83. The zero-order chi connectivity index (χ0) is 14.5. The lowest BCUT2D eigenvalue weighted by Crippen LogP contribution is -2.16. The second-order valence-electron chi connectivity index (χ2n) is 4.09. The van der Waals surface area contributed by atoms with E-state index in [0.717, 1.165) is 5.56 Å². The highest BCUT2D eigenvalue weighted by atomic mass is 15.4. The highest BCUT2D eigenvalue weighted by molar-refractivity contribution is 5.37. The molecule has 21 heavy (non-hydrogen) atoms. The summed E-state index contributed by atoms with van der Waals surface area (Å²) in [6, 6.07) is 5.60. The molecule has 0 aromatic carbocycles. The summed E-state index contributed by atoms with van der Waals surface area (Å²) >= 11 is 0. The zero-order valence-corrected chi connectivity index (χ0v) is 11.0. The first-order valence-electron chi connectivity index (χ1n) is 6.20. The van der Waals surface area contributed by atoms with E-state index in [1.165, 1.54) is 4.68 Å². The fourth-order valence-corrected chi connectivity index (χ4v) is 1.68. The fraction of sp³-hybridized carbons (Fsp3) is 0.0833. The Labute approximate surface area is 120 Å². The summed E-state index contributed by atoms with van der Waals surface area (Å²) < 4.78 is 1.53. The summed E-state index contributed by atoms with van der Waals surface area (Å²) in [4.78, 5) is 16.6. The molecule has 0 radical (unpaired) electrons. The van der Waals surface area contributed by atoms with E-state index in [9.17, 15) is 0 Å². The molecule has 0 aliphatic heterocycles. The first-order chi connectivity index (χ1) is 10.3. The lowest BCUT2D eigenvalue weighted by Gasteiger charge is -2.08. The van der Waals surface area contributed by atoms with Gasteiger partial charge in [-0.05, 0) is 23.8 Å². The normalized spacial score (nSPS) is 10.3. The van der Waals surface area contributed by atoms with Crippen LogP contribution in [0.15, 0.2) is 43.0 Å². The number of nitrogen functional groups attached to an aromatic ring is 1. The predicted octanol–water partition coefficient (Wildman–Crippen LogP) is 0.350. The van der Waals surface area contributed by atoms with E-state index in [1.807, 2.05) is 12.1 Å². The van der Waals surface area contributed by atoms with Gasteiger partial charge >= 0.3 is 0 Å². The van der Waals surface area contributed by atoms with Gasteiger partial charge in [0.1, 0.15) is 0 Å². The molecule has 0 unspecified atom stereocenters. The van der Waals surface area contributed by atoms with Gasteiger partial charge in [0, 0.05) is 31.3 Å². The van der Waals surface area contributed by atoms with Crippen LogP contribution in [-0.2, 0) is 6.54 Å². The number of hydrogen-bond donors (Lipinski definition) is 3. The Morgan fingerprint density at radius 2 is 1.86 bits per heavy atom. The Morgan fingerprint density at radius 1 is 1.05 bits per heavy atom. The van der Waals surface area contributed by atoms with Gasteiger partial charge in [0.15, 0.2) is 0 Å². The summed E-state index contributed by atoms with van der Waals surface area (Å²) in [6.45, 7) is 0.565. The molecule has 106 valence electrons. The van der Waals surface area contributed by atoms with Crippen LogP contribution in [0.25, 0.3) is 5.95 Å². The van der Waals surface area contributed by atoms with E-state index in [1.54, 1.807) is 30.9 Å². The number of rotatable bonds is 5. The van der Waals surface area contributed by atoms with Gasteiger partial charge in [-0.3, -0.25) is 10.4 Å². The van der Waals surface area contributed by atoms with Crippen molar-refractivity contribution in [2.45, 2.75) is 6.54 Å². The third kappa shape index (κ3) is 3.09. The van der Waals surface area contributed by atoms with Gasteiger partial charge in [-0.2, -0.15) is 20.1 Å². The second-order valence-corrected chi connectivity index (χ2v) is 4.09. The molecule has 4 N–H and O–H groups in total. The van der Waals surface area contributed by atoms with Crippen molar-refractivity contribution in [3.05, 3.63) is 48.5 Å². The summed E-state index contributed by atoms with van der Waals surface area (Å²) in [5.74, 6) is 6.42. The van der Waals surface area contributed by atoms with E-state index in [0.29, 0.717) is 18.4 Å². The van der Waals surface area contributed by atoms with Crippen molar-refractivity contribution in [1.29, 1.82) is 0 Å². The van der Waals surface area contributed by atoms with Crippen LogP contribution in [-0.4, -0.2) is 29.7 Å². The Kier molecular flexibility index (Phi) is 3.65. The van der Waals surface area contributed by atoms with E-state index in [2.05, 4.69) is 35.8 Å². The number of nitrogens with one attached hydrogen (secondary N) is 2. The van der Waals surface area contributed by atoms with Crippen LogP contribution in [0.5, 0.6) is 0 Å². The quantitative estimate of drug-likeness (QED) is 0.453. The molecular weight excluding hydrogens is 270 g/mol. The van der Waals surface area contributed by atoms with Gasteiger partial charge in [0.25, 0.3) is 5.95 Å². The van der Waals surface area contributed by atoms with Crippen LogP contribution >= 0.6 is 0 Å². The summed E-state index contributed by atoms with van der Waals surface area (Å²) in [5.41, 5.74) is 3.48. The number of anilines is 2. The minimum Gasteiger partial charge on any atom is -0.350 e. The van der Waals surface area contributed by atoms with Crippen molar-refractivity contribution < 1.29 is 0 Å². The molecule has 0 saturated heterocycles. The average Bonchev–Trinajstić information content (AvgIpc) is 3.08. The molecule has 0 spiro atoms. The van der Waals surface area contributed by atoms with Gasteiger partial charge in [-0.25, -0.2) is 10.5 Å². The topological polar surface area (TPSA) is 119 Å². The molecular formula is C12H13N9. The van der Waals surface area contributed by atoms with Crippen molar-refractivity contribution in [3.63, 3.8) is 0 Å². The maximum Gasteiger partial charge on any atom is 0.257 e. The molecule has 0 atom stereocenters. The van der Waals surface area contributed by atoms with E-state index >= 15 is 0 Å². The Hall–Kier alpha value is -3.07. The molecule has 9 heteroatoms. The van der Waals surface area contributed by atoms with Crippen LogP contribution in [0.3, 0.4) is 0 Å². The molecule has 0 amide bonds. The molecule has 3 aromatic rings. The van der Waals surface area contributed by atoms with Crippen molar-refractivity contribution in [1.82, 2.24) is 29.7 Å². The molecule has 3 aromatic heterocycles. The van der Waals surface area contributed by atoms with Crippen LogP contribution in [0, 0.1) is 0 Å². The number of nitrogens with two attached hydrogens (primary N) is 1. The van der Waals surface area contributed by atoms with Gasteiger partial charge in [-0.15, -0.1) is 0 Å².